The van der Waals surface area contributed by atoms with Gasteiger partial charge in [0.15, 0.2) is 0 Å². The highest BCUT2D eigenvalue weighted by atomic mass is 16.5. The van der Waals surface area contributed by atoms with Gasteiger partial charge in [0.2, 0.25) is 0 Å². The summed E-state index contributed by atoms with van der Waals surface area (Å²) in [6.07, 6.45) is 0. The smallest absolute Gasteiger partial charge is 0.142 e. The van der Waals surface area contributed by atoms with Gasteiger partial charge in [-0.3, -0.25) is 0 Å². The molecule has 2 aromatic rings. The maximum Gasteiger partial charge on any atom is 0.142 e. The van der Waals surface area contributed by atoms with Crippen molar-refractivity contribution < 1.29 is 4.74 Å². The van der Waals surface area contributed by atoms with Crippen LogP contribution in [0.25, 0.3) is 0 Å². The molecule has 0 unspecified atom stereocenters. The standard InChI is InChI=1S/C13H14N2O/c1-16-13-8-3-2-7-12(13)15-11-6-4-5-10(14)9-11/h2-9,15H,14H2,1H3. The van der Waals surface area contributed by atoms with Crippen LogP contribution >= 0.6 is 0 Å². The monoisotopic (exact) mass is 214 g/mol. The highest BCUT2D eigenvalue weighted by Crippen LogP contribution is 2.27. The van der Waals surface area contributed by atoms with E-state index < -0.39 is 0 Å². The Morgan fingerprint density at radius 3 is 2.62 bits per heavy atom. The molecule has 0 fully saturated rings. The van der Waals surface area contributed by atoms with Crippen molar-refractivity contribution >= 4 is 17.1 Å². The zero-order chi connectivity index (χ0) is 11.4. The molecule has 0 saturated heterocycles. The molecule has 3 heteroatoms. The van der Waals surface area contributed by atoms with Crippen LogP contribution in [0, 0.1) is 0 Å². The highest BCUT2D eigenvalue weighted by Gasteiger charge is 2.01. The first-order chi connectivity index (χ1) is 7.79. The van der Waals surface area contributed by atoms with Crippen LogP contribution in [0.3, 0.4) is 0 Å². The van der Waals surface area contributed by atoms with E-state index in [0.29, 0.717) is 0 Å². The number of methoxy groups -OCH3 is 1. The molecule has 82 valence electrons. The molecule has 0 aliphatic carbocycles. The summed E-state index contributed by atoms with van der Waals surface area (Å²) < 4.78 is 5.25. The van der Waals surface area contributed by atoms with Gasteiger partial charge in [-0.1, -0.05) is 18.2 Å². The van der Waals surface area contributed by atoms with Crippen LogP contribution < -0.4 is 15.8 Å². The fourth-order valence-corrected chi connectivity index (χ4v) is 1.52. The average molecular weight is 214 g/mol. The zero-order valence-electron chi connectivity index (χ0n) is 9.10. The summed E-state index contributed by atoms with van der Waals surface area (Å²) in [4.78, 5) is 0. The Morgan fingerprint density at radius 1 is 1.06 bits per heavy atom. The number of rotatable bonds is 3. The largest absolute Gasteiger partial charge is 0.495 e. The van der Waals surface area contributed by atoms with Gasteiger partial charge in [-0.05, 0) is 30.3 Å². The fourth-order valence-electron chi connectivity index (χ4n) is 1.52. The van der Waals surface area contributed by atoms with Gasteiger partial charge in [0, 0.05) is 11.4 Å². The number of anilines is 3. The van der Waals surface area contributed by atoms with Crippen molar-refractivity contribution in [3.05, 3.63) is 48.5 Å². The van der Waals surface area contributed by atoms with Gasteiger partial charge in [-0.2, -0.15) is 0 Å². The lowest BCUT2D eigenvalue weighted by molar-refractivity contribution is 0.417. The zero-order valence-corrected chi connectivity index (χ0v) is 9.10. The van der Waals surface area contributed by atoms with Gasteiger partial charge in [0.25, 0.3) is 0 Å². The number of para-hydroxylation sites is 2. The molecule has 0 saturated carbocycles. The summed E-state index contributed by atoms with van der Waals surface area (Å²) in [7, 11) is 1.65. The average Bonchev–Trinajstić information content (AvgIpc) is 2.30. The molecule has 0 aliphatic rings. The van der Waals surface area contributed by atoms with Gasteiger partial charge in [0.1, 0.15) is 5.75 Å². The molecule has 0 aliphatic heterocycles. The van der Waals surface area contributed by atoms with E-state index in [1.165, 1.54) is 0 Å². The quantitative estimate of drug-likeness (QED) is 0.772. The van der Waals surface area contributed by atoms with E-state index in [4.69, 9.17) is 10.5 Å². The first-order valence-electron chi connectivity index (χ1n) is 5.05. The second-order valence-corrected chi connectivity index (χ2v) is 3.45. The molecule has 0 heterocycles. The van der Waals surface area contributed by atoms with E-state index >= 15 is 0 Å². The van der Waals surface area contributed by atoms with E-state index in [2.05, 4.69) is 5.32 Å². The van der Waals surface area contributed by atoms with Crippen molar-refractivity contribution in [3.8, 4) is 5.75 Å². The molecule has 0 spiro atoms. The molecule has 0 aromatic heterocycles. The Kier molecular flexibility index (Phi) is 2.96. The second kappa shape index (κ2) is 4.57. The number of hydrogen-bond donors (Lipinski definition) is 2. The van der Waals surface area contributed by atoms with Crippen LogP contribution in [0.1, 0.15) is 0 Å². The molecule has 0 amide bonds. The van der Waals surface area contributed by atoms with Crippen LogP contribution in [0.2, 0.25) is 0 Å². The molecular weight excluding hydrogens is 200 g/mol. The fraction of sp³-hybridized carbons (Fsp3) is 0.0769. The molecule has 0 bridgehead atoms. The Hall–Kier alpha value is -2.16. The minimum absolute atomic E-state index is 0.736. The lowest BCUT2D eigenvalue weighted by Crippen LogP contribution is -1.95. The predicted octanol–water partition coefficient (Wildman–Crippen LogP) is 3.02. The van der Waals surface area contributed by atoms with E-state index in [1.807, 2.05) is 48.5 Å². The summed E-state index contributed by atoms with van der Waals surface area (Å²) in [6.45, 7) is 0. The lowest BCUT2D eigenvalue weighted by Gasteiger charge is -2.10. The number of benzene rings is 2. The van der Waals surface area contributed by atoms with Gasteiger partial charge >= 0.3 is 0 Å². The van der Waals surface area contributed by atoms with Crippen molar-refractivity contribution in [1.29, 1.82) is 0 Å². The first-order valence-corrected chi connectivity index (χ1v) is 5.05. The third kappa shape index (κ3) is 2.25. The van der Waals surface area contributed by atoms with Crippen molar-refractivity contribution in [3.63, 3.8) is 0 Å². The molecule has 3 nitrogen and oxygen atoms in total. The van der Waals surface area contributed by atoms with Crippen LogP contribution in [0.4, 0.5) is 17.1 Å². The van der Waals surface area contributed by atoms with Crippen LogP contribution in [0.5, 0.6) is 5.75 Å². The van der Waals surface area contributed by atoms with Crippen molar-refractivity contribution in [1.82, 2.24) is 0 Å². The van der Waals surface area contributed by atoms with Crippen LogP contribution in [0.15, 0.2) is 48.5 Å². The Labute approximate surface area is 94.9 Å². The minimum atomic E-state index is 0.736. The van der Waals surface area contributed by atoms with Gasteiger partial charge in [0.05, 0.1) is 12.8 Å². The molecule has 0 atom stereocenters. The van der Waals surface area contributed by atoms with E-state index in [1.54, 1.807) is 7.11 Å². The minimum Gasteiger partial charge on any atom is -0.495 e. The molecule has 16 heavy (non-hydrogen) atoms. The topological polar surface area (TPSA) is 47.3 Å². The van der Waals surface area contributed by atoms with E-state index in [0.717, 1.165) is 22.8 Å². The summed E-state index contributed by atoms with van der Waals surface area (Å²) in [5.41, 5.74) is 8.32. The Balaban J connectivity index is 2.26. The third-order valence-corrected chi connectivity index (χ3v) is 2.27. The third-order valence-electron chi connectivity index (χ3n) is 2.27. The number of hydrogen-bond acceptors (Lipinski definition) is 3. The summed E-state index contributed by atoms with van der Waals surface area (Å²) in [6, 6.07) is 15.4. The van der Waals surface area contributed by atoms with Crippen LogP contribution in [-0.2, 0) is 0 Å². The molecular formula is C13H14N2O. The summed E-state index contributed by atoms with van der Waals surface area (Å²) in [5.74, 6) is 0.810. The first kappa shape index (κ1) is 10.4. The summed E-state index contributed by atoms with van der Waals surface area (Å²) in [5, 5.41) is 3.26. The van der Waals surface area contributed by atoms with E-state index in [-0.39, 0.29) is 0 Å². The van der Waals surface area contributed by atoms with Crippen molar-refractivity contribution in [2.45, 2.75) is 0 Å². The molecule has 2 rings (SSSR count). The van der Waals surface area contributed by atoms with Crippen molar-refractivity contribution in [2.24, 2.45) is 0 Å². The summed E-state index contributed by atoms with van der Waals surface area (Å²) >= 11 is 0. The van der Waals surface area contributed by atoms with Gasteiger partial charge in [-0.15, -0.1) is 0 Å². The molecule has 0 radical (unpaired) electrons. The van der Waals surface area contributed by atoms with Gasteiger partial charge in [-0.25, -0.2) is 0 Å². The molecule has 3 N–H and O–H groups in total. The van der Waals surface area contributed by atoms with Gasteiger partial charge < -0.3 is 15.8 Å². The maximum absolute atomic E-state index is 5.71. The molecule has 2 aromatic carbocycles. The lowest BCUT2D eigenvalue weighted by atomic mass is 10.2. The van der Waals surface area contributed by atoms with E-state index in [9.17, 15) is 0 Å². The second-order valence-electron chi connectivity index (χ2n) is 3.45. The predicted molar refractivity (Wildman–Crippen MR) is 67.1 cm³/mol. The number of nitrogens with one attached hydrogen (secondary N) is 1. The normalized spacial score (nSPS) is 9.81. The SMILES string of the molecule is COc1ccccc1Nc1cccc(N)c1. The Morgan fingerprint density at radius 2 is 1.88 bits per heavy atom. The number of nitrogen functional groups attached to an aromatic ring is 1. The van der Waals surface area contributed by atoms with Crippen molar-refractivity contribution in [2.75, 3.05) is 18.2 Å². The maximum atomic E-state index is 5.71. The number of ether oxygens (including phenoxy) is 1. The highest BCUT2D eigenvalue weighted by molar-refractivity contribution is 5.68. The Bertz CT molecular complexity index is 483. The number of nitrogens with two attached hydrogens (primary N) is 1. The van der Waals surface area contributed by atoms with Crippen LogP contribution in [-0.4, -0.2) is 7.11 Å².